The van der Waals surface area contributed by atoms with Gasteiger partial charge in [0.05, 0.1) is 12.5 Å². The van der Waals surface area contributed by atoms with Crippen molar-refractivity contribution < 1.29 is 9.21 Å². The minimum Gasteiger partial charge on any atom is -0.459 e. The van der Waals surface area contributed by atoms with Crippen molar-refractivity contribution in [2.45, 2.75) is 19.8 Å². The Balaban J connectivity index is 1.43. The monoisotopic (exact) mass is 392 g/mol. The Bertz CT molecular complexity index is 965. The van der Waals surface area contributed by atoms with Crippen molar-refractivity contribution in [1.82, 2.24) is 20.1 Å². The minimum atomic E-state index is -0.0805. The minimum absolute atomic E-state index is 0.0805. The summed E-state index contributed by atoms with van der Waals surface area (Å²) in [6.07, 6.45) is 3.17. The number of hydrogen-bond donors (Lipinski definition) is 1. The third kappa shape index (κ3) is 4.21. The van der Waals surface area contributed by atoms with Crippen LogP contribution >= 0.6 is 0 Å². The SMILES string of the molecule is CC(C)c1ccccc1Nc1nncc(N2CCN(C(=O)c3ccco3)CC2)n1. The molecule has 1 fully saturated rings. The summed E-state index contributed by atoms with van der Waals surface area (Å²) in [7, 11) is 0. The Hall–Kier alpha value is -3.42. The molecule has 1 N–H and O–H groups in total. The van der Waals surface area contributed by atoms with Gasteiger partial charge in [-0.25, -0.2) is 0 Å². The van der Waals surface area contributed by atoms with Gasteiger partial charge in [0, 0.05) is 31.9 Å². The van der Waals surface area contributed by atoms with Gasteiger partial charge in [-0.05, 0) is 29.7 Å². The maximum Gasteiger partial charge on any atom is 0.289 e. The summed E-state index contributed by atoms with van der Waals surface area (Å²) in [6, 6.07) is 11.5. The van der Waals surface area contributed by atoms with Crippen LogP contribution < -0.4 is 10.2 Å². The van der Waals surface area contributed by atoms with Crippen LogP contribution in [0.15, 0.2) is 53.3 Å². The zero-order valence-corrected chi connectivity index (χ0v) is 16.6. The van der Waals surface area contributed by atoms with E-state index in [2.05, 4.69) is 45.3 Å². The molecular weight excluding hydrogens is 368 g/mol. The first kappa shape index (κ1) is 18.9. The first-order chi connectivity index (χ1) is 14.1. The van der Waals surface area contributed by atoms with Crippen molar-refractivity contribution in [2.75, 3.05) is 36.4 Å². The smallest absolute Gasteiger partial charge is 0.289 e. The average molecular weight is 392 g/mol. The Morgan fingerprint density at radius 1 is 1.10 bits per heavy atom. The van der Waals surface area contributed by atoms with Crippen LogP contribution in [0, 0.1) is 0 Å². The number of carbonyl (C=O) groups is 1. The van der Waals surface area contributed by atoms with E-state index >= 15 is 0 Å². The second-order valence-electron chi connectivity index (χ2n) is 7.26. The molecule has 150 valence electrons. The molecule has 1 aromatic carbocycles. The highest BCUT2D eigenvalue weighted by Crippen LogP contribution is 2.26. The van der Waals surface area contributed by atoms with Crippen LogP contribution in [0.25, 0.3) is 0 Å². The second-order valence-corrected chi connectivity index (χ2v) is 7.26. The van der Waals surface area contributed by atoms with Gasteiger partial charge in [0.25, 0.3) is 5.91 Å². The number of hydrogen-bond acceptors (Lipinski definition) is 7. The summed E-state index contributed by atoms with van der Waals surface area (Å²) >= 11 is 0. The number of nitrogens with zero attached hydrogens (tertiary/aromatic N) is 5. The number of anilines is 3. The van der Waals surface area contributed by atoms with E-state index in [4.69, 9.17) is 4.42 Å². The quantitative estimate of drug-likeness (QED) is 0.713. The molecule has 0 atom stereocenters. The van der Waals surface area contributed by atoms with E-state index in [1.54, 1.807) is 23.2 Å². The number of rotatable bonds is 5. The number of aromatic nitrogens is 3. The highest BCUT2D eigenvalue weighted by atomic mass is 16.3. The Morgan fingerprint density at radius 3 is 2.62 bits per heavy atom. The molecule has 1 saturated heterocycles. The number of carbonyl (C=O) groups excluding carboxylic acids is 1. The molecule has 1 amide bonds. The first-order valence-corrected chi connectivity index (χ1v) is 9.75. The van der Waals surface area contributed by atoms with Gasteiger partial charge in [-0.15, -0.1) is 5.10 Å². The topological polar surface area (TPSA) is 87.4 Å². The Kier molecular flexibility index (Phi) is 5.41. The highest BCUT2D eigenvalue weighted by Gasteiger charge is 2.24. The first-order valence-electron chi connectivity index (χ1n) is 9.75. The summed E-state index contributed by atoms with van der Waals surface area (Å²) in [5.74, 6) is 1.88. The molecule has 8 nitrogen and oxygen atoms in total. The maximum absolute atomic E-state index is 12.4. The van der Waals surface area contributed by atoms with Gasteiger partial charge < -0.3 is 19.5 Å². The lowest BCUT2D eigenvalue weighted by Crippen LogP contribution is -2.49. The number of amides is 1. The average Bonchev–Trinajstić information content (AvgIpc) is 3.29. The van der Waals surface area contributed by atoms with Gasteiger partial charge >= 0.3 is 0 Å². The van der Waals surface area contributed by atoms with Crippen molar-refractivity contribution in [3.05, 3.63) is 60.2 Å². The molecule has 2 aromatic heterocycles. The fourth-order valence-electron chi connectivity index (χ4n) is 3.43. The predicted octanol–water partition coefficient (Wildman–Crippen LogP) is 3.29. The molecular formula is C21H24N6O2. The molecule has 3 aromatic rings. The Labute approximate surface area is 169 Å². The van der Waals surface area contributed by atoms with Gasteiger partial charge in [-0.2, -0.15) is 10.1 Å². The lowest BCUT2D eigenvalue weighted by Gasteiger charge is -2.34. The molecule has 0 aliphatic carbocycles. The van der Waals surface area contributed by atoms with Crippen LogP contribution in [0.2, 0.25) is 0 Å². The van der Waals surface area contributed by atoms with Gasteiger partial charge in [0.2, 0.25) is 5.95 Å². The van der Waals surface area contributed by atoms with Crippen LogP contribution in [-0.4, -0.2) is 52.2 Å². The molecule has 1 aliphatic heterocycles. The molecule has 0 spiro atoms. The molecule has 3 heterocycles. The van der Waals surface area contributed by atoms with Gasteiger partial charge in [-0.3, -0.25) is 4.79 Å². The van der Waals surface area contributed by atoms with Gasteiger partial charge in [-0.1, -0.05) is 32.0 Å². The summed E-state index contributed by atoms with van der Waals surface area (Å²) in [5.41, 5.74) is 2.18. The fourth-order valence-corrected chi connectivity index (χ4v) is 3.43. The number of para-hydroxylation sites is 1. The van der Waals surface area contributed by atoms with E-state index in [-0.39, 0.29) is 5.91 Å². The molecule has 0 radical (unpaired) electrons. The van der Waals surface area contributed by atoms with E-state index in [1.165, 1.54) is 11.8 Å². The maximum atomic E-state index is 12.4. The zero-order chi connectivity index (χ0) is 20.2. The molecule has 4 rings (SSSR count). The third-order valence-corrected chi connectivity index (χ3v) is 5.00. The number of benzene rings is 1. The van der Waals surface area contributed by atoms with Crippen LogP contribution in [0.3, 0.4) is 0 Å². The van der Waals surface area contributed by atoms with Crippen molar-refractivity contribution in [1.29, 1.82) is 0 Å². The molecule has 1 aliphatic rings. The molecule has 29 heavy (non-hydrogen) atoms. The van der Waals surface area contributed by atoms with Crippen LogP contribution in [0.1, 0.15) is 35.9 Å². The fraction of sp³-hybridized carbons (Fsp3) is 0.333. The second kappa shape index (κ2) is 8.30. The lowest BCUT2D eigenvalue weighted by molar-refractivity contribution is 0.0714. The van der Waals surface area contributed by atoms with E-state index < -0.39 is 0 Å². The highest BCUT2D eigenvalue weighted by molar-refractivity contribution is 5.91. The van der Waals surface area contributed by atoms with E-state index in [9.17, 15) is 4.79 Å². The van der Waals surface area contributed by atoms with Crippen LogP contribution in [0.5, 0.6) is 0 Å². The van der Waals surface area contributed by atoms with Gasteiger partial charge in [0.15, 0.2) is 11.6 Å². The van der Waals surface area contributed by atoms with Crippen LogP contribution in [0.4, 0.5) is 17.5 Å². The Morgan fingerprint density at radius 2 is 1.90 bits per heavy atom. The van der Waals surface area contributed by atoms with Crippen molar-refractivity contribution in [3.63, 3.8) is 0 Å². The lowest BCUT2D eigenvalue weighted by atomic mass is 10.0. The number of piperazine rings is 1. The molecule has 0 saturated carbocycles. The normalized spacial score (nSPS) is 14.3. The van der Waals surface area contributed by atoms with Crippen molar-refractivity contribution >= 4 is 23.4 Å². The van der Waals surface area contributed by atoms with Crippen molar-refractivity contribution in [3.8, 4) is 0 Å². The van der Waals surface area contributed by atoms with Gasteiger partial charge in [0.1, 0.15) is 0 Å². The molecule has 8 heteroatoms. The van der Waals surface area contributed by atoms with E-state index in [0.29, 0.717) is 43.8 Å². The summed E-state index contributed by atoms with van der Waals surface area (Å²) in [6.45, 7) is 6.85. The largest absolute Gasteiger partial charge is 0.459 e. The number of furan rings is 1. The van der Waals surface area contributed by atoms with Crippen LogP contribution in [-0.2, 0) is 0 Å². The zero-order valence-electron chi connectivity index (χ0n) is 16.6. The predicted molar refractivity (Wildman–Crippen MR) is 110 cm³/mol. The van der Waals surface area contributed by atoms with E-state index in [1.807, 2.05) is 18.2 Å². The summed E-state index contributed by atoms with van der Waals surface area (Å²) < 4.78 is 5.21. The summed E-state index contributed by atoms with van der Waals surface area (Å²) in [4.78, 5) is 20.9. The standard InChI is InChI=1S/C21H24N6O2/c1-15(2)16-6-3-4-7-17(16)23-21-24-19(14-22-25-21)26-9-11-27(12-10-26)20(28)18-8-5-13-29-18/h3-8,13-15H,9-12H2,1-2H3,(H,23,24,25). The van der Waals surface area contributed by atoms with E-state index in [0.717, 1.165) is 11.5 Å². The summed E-state index contributed by atoms with van der Waals surface area (Å²) in [5, 5.41) is 11.5. The molecule has 0 bridgehead atoms. The number of nitrogens with one attached hydrogen (secondary N) is 1. The third-order valence-electron chi connectivity index (χ3n) is 5.00. The molecule has 0 unspecified atom stereocenters. The van der Waals surface area contributed by atoms with Crippen molar-refractivity contribution in [2.24, 2.45) is 0 Å².